The highest BCUT2D eigenvalue weighted by molar-refractivity contribution is 9.10. The third-order valence-corrected chi connectivity index (χ3v) is 6.30. The maximum absolute atomic E-state index is 10.9. The highest BCUT2D eigenvalue weighted by Crippen LogP contribution is 2.39. The average Bonchev–Trinajstić information content (AvgIpc) is 2.90. The molecule has 110 valence electrons. The van der Waals surface area contributed by atoms with Gasteiger partial charge in [-0.1, -0.05) is 25.0 Å². The van der Waals surface area contributed by atoms with E-state index in [0.717, 1.165) is 12.1 Å². The summed E-state index contributed by atoms with van der Waals surface area (Å²) in [6.45, 7) is 1.62. The molecule has 20 heavy (non-hydrogen) atoms. The summed E-state index contributed by atoms with van der Waals surface area (Å²) in [5, 5.41) is 14.4. The van der Waals surface area contributed by atoms with Crippen molar-refractivity contribution in [1.82, 2.24) is 5.32 Å². The zero-order valence-electron chi connectivity index (χ0n) is 11.5. The van der Waals surface area contributed by atoms with Crippen molar-refractivity contribution >= 4 is 33.4 Å². The monoisotopic (exact) mass is 358 g/mol. The number of nitrogens with zero attached hydrogens (tertiary/aromatic N) is 1. The van der Waals surface area contributed by atoms with Gasteiger partial charge < -0.3 is 5.32 Å². The predicted octanol–water partition coefficient (Wildman–Crippen LogP) is 4.12. The molecule has 0 aromatic heterocycles. The van der Waals surface area contributed by atoms with Gasteiger partial charge in [0.1, 0.15) is 0 Å². The summed E-state index contributed by atoms with van der Waals surface area (Å²) in [5.41, 5.74) is 1.07. The molecule has 1 aliphatic carbocycles. The van der Waals surface area contributed by atoms with Gasteiger partial charge in [0, 0.05) is 23.9 Å². The van der Waals surface area contributed by atoms with Crippen molar-refractivity contribution in [2.75, 3.05) is 12.8 Å². The summed E-state index contributed by atoms with van der Waals surface area (Å²) < 4.78 is 0.940. The predicted molar refractivity (Wildman–Crippen MR) is 87.2 cm³/mol. The number of nitrogens with one attached hydrogen (secondary N) is 1. The van der Waals surface area contributed by atoms with Crippen LogP contribution in [-0.2, 0) is 6.54 Å². The lowest BCUT2D eigenvalue weighted by Gasteiger charge is -2.27. The maximum atomic E-state index is 10.9. The van der Waals surface area contributed by atoms with E-state index < -0.39 is 0 Å². The lowest BCUT2D eigenvalue weighted by molar-refractivity contribution is -0.385. The average molecular weight is 359 g/mol. The van der Waals surface area contributed by atoms with Gasteiger partial charge in [-0.15, -0.1) is 0 Å². The zero-order chi connectivity index (χ0) is 14.6. The van der Waals surface area contributed by atoms with Gasteiger partial charge in [-0.3, -0.25) is 10.1 Å². The highest BCUT2D eigenvalue weighted by Gasteiger charge is 2.32. The van der Waals surface area contributed by atoms with Crippen molar-refractivity contribution in [1.29, 1.82) is 0 Å². The molecule has 0 bridgehead atoms. The molecular formula is C14H19BrN2O2S. The smallest absolute Gasteiger partial charge is 0.283 e. The molecule has 6 heteroatoms. The van der Waals surface area contributed by atoms with E-state index in [1.165, 1.54) is 31.7 Å². The molecule has 0 saturated heterocycles. The van der Waals surface area contributed by atoms with E-state index in [2.05, 4.69) is 27.5 Å². The van der Waals surface area contributed by atoms with E-state index in [4.69, 9.17) is 0 Å². The number of hydrogen-bond donors (Lipinski definition) is 1. The molecule has 0 amide bonds. The van der Waals surface area contributed by atoms with Crippen LogP contribution in [0.4, 0.5) is 5.69 Å². The molecule has 0 spiro atoms. The Morgan fingerprint density at radius 1 is 1.45 bits per heavy atom. The fourth-order valence-corrected chi connectivity index (χ4v) is 4.23. The van der Waals surface area contributed by atoms with Gasteiger partial charge in [-0.2, -0.15) is 11.8 Å². The number of hydrogen-bond acceptors (Lipinski definition) is 4. The zero-order valence-corrected chi connectivity index (χ0v) is 13.9. The van der Waals surface area contributed by atoms with Gasteiger partial charge in [0.2, 0.25) is 0 Å². The molecule has 1 aromatic rings. The summed E-state index contributed by atoms with van der Waals surface area (Å²) in [4.78, 5) is 10.6. The Morgan fingerprint density at radius 2 is 2.15 bits per heavy atom. The summed E-state index contributed by atoms with van der Waals surface area (Å²) in [7, 11) is 0. The molecule has 1 saturated carbocycles. The molecule has 1 fully saturated rings. The van der Waals surface area contributed by atoms with Crippen LogP contribution in [0, 0.1) is 10.1 Å². The minimum Gasteiger partial charge on any atom is -0.311 e. The van der Waals surface area contributed by atoms with Crippen LogP contribution in [0.1, 0.15) is 31.2 Å². The van der Waals surface area contributed by atoms with Gasteiger partial charge in [-0.05, 0) is 40.6 Å². The largest absolute Gasteiger partial charge is 0.311 e. The van der Waals surface area contributed by atoms with Crippen molar-refractivity contribution in [3.63, 3.8) is 0 Å². The number of nitro benzene ring substituents is 1. The number of rotatable bonds is 6. The highest BCUT2D eigenvalue weighted by atomic mass is 79.9. The molecule has 0 radical (unpaired) electrons. The molecule has 1 aliphatic rings. The molecule has 0 unspecified atom stereocenters. The molecule has 1 aromatic carbocycles. The molecule has 0 aliphatic heterocycles. The Balaban J connectivity index is 1.97. The van der Waals surface area contributed by atoms with Crippen molar-refractivity contribution in [2.45, 2.75) is 37.0 Å². The van der Waals surface area contributed by atoms with Gasteiger partial charge in [0.05, 0.1) is 9.40 Å². The van der Waals surface area contributed by atoms with E-state index >= 15 is 0 Å². The van der Waals surface area contributed by atoms with Crippen molar-refractivity contribution in [3.8, 4) is 0 Å². The first-order valence-corrected chi connectivity index (χ1v) is 8.77. The quantitative estimate of drug-likeness (QED) is 0.613. The Hall–Kier alpha value is -0.590. The first-order valence-electron chi connectivity index (χ1n) is 6.76. The van der Waals surface area contributed by atoms with Crippen LogP contribution >= 0.6 is 27.7 Å². The Kier molecular flexibility index (Phi) is 5.46. The van der Waals surface area contributed by atoms with Crippen LogP contribution in [0.25, 0.3) is 0 Å². The first-order chi connectivity index (χ1) is 9.58. The number of benzene rings is 1. The summed E-state index contributed by atoms with van der Waals surface area (Å²) >= 11 is 5.28. The number of halogens is 1. The second kappa shape index (κ2) is 6.91. The van der Waals surface area contributed by atoms with Gasteiger partial charge in [0.25, 0.3) is 5.69 Å². The van der Waals surface area contributed by atoms with Crippen LogP contribution in [0.2, 0.25) is 0 Å². The van der Waals surface area contributed by atoms with Crippen LogP contribution in [0.15, 0.2) is 22.7 Å². The van der Waals surface area contributed by atoms with Crippen molar-refractivity contribution in [2.24, 2.45) is 0 Å². The van der Waals surface area contributed by atoms with Crippen LogP contribution < -0.4 is 5.32 Å². The van der Waals surface area contributed by atoms with E-state index in [9.17, 15) is 10.1 Å². The molecule has 4 nitrogen and oxygen atoms in total. The Bertz CT molecular complexity index is 490. The first kappa shape index (κ1) is 15.8. The standard InChI is InChI=1S/C14H19BrN2O2S/c1-20-14(7-2-3-8-14)10-16-9-11-5-4-6-12(13(11)15)17(18)19/h4-6,16H,2-3,7-10H2,1H3. The van der Waals surface area contributed by atoms with Crippen molar-refractivity contribution in [3.05, 3.63) is 38.3 Å². The lowest BCUT2D eigenvalue weighted by Crippen LogP contribution is -2.34. The summed E-state index contributed by atoms with van der Waals surface area (Å²) in [6, 6.07) is 5.18. The van der Waals surface area contributed by atoms with E-state index in [-0.39, 0.29) is 10.6 Å². The number of nitro groups is 1. The fourth-order valence-electron chi connectivity index (χ4n) is 2.74. The second-order valence-electron chi connectivity index (χ2n) is 5.21. The van der Waals surface area contributed by atoms with Crippen LogP contribution in [-0.4, -0.2) is 22.5 Å². The van der Waals surface area contributed by atoms with E-state index in [1.807, 2.05) is 17.8 Å². The Labute approximate surface area is 132 Å². The van der Waals surface area contributed by atoms with Gasteiger partial charge >= 0.3 is 0 Å². The van der Waals surface area contributed by atoms with Crippen LogP contribution in [0.3, 0.4) is 0 Å². The molecule has 0 heterocycles. The molecule has 1 N–H and O–H groups in total. The minimum absolute atomic E-state index is 0.129. The topological polar surface area (TPSA) is 55.2 Å². The Morgan fingerprint density at radius 3 is 2.75 bits per heavy atom. The maximum Gasteiger partial charge on any atom is 0.283 e. The van der Waals surface area contributed by atoms with E-state index in [0.29, 0.717) is 15.8 Å². The van der Waals surface area contributed by atoms with Gasteiger partial charge in [-0.25, -0.2) is 0 Å². The SMILES string of the molecule is CSC1(CNCc2cccc([N+](=O)[O-])c2Br)CCCC1. The fraction of sp³-hybridized carbons (Fsp3) is 0.571. The third-order valence-electron chi connectivity index (χ3n) is 3.97. The molecular weight excluding hydrogens is 340 g/mol. The third kappa shape index (κ3) is 3.54. The molecule has 0 atom stereocenters. The lowest BCUT2D eigenvalue weighted by atomic mass is 10.1. The minimum atomic E-state index is -0.353. The number of thioether (sulfide) groups is 1. The second-order valence-corrected chi connectivity index (χ2v) is 7.27. The van der Waals surface area contributed by atoms with Gasteiger partial charge in [0.15, 0.2) is 0 Å². The summed E-state index contributed by atoms with van der Waals surface area (Å²) in [5.74, 6) is 0. The molecule has 2 rings (SSSR count). The van der Waals surface area contributed by atoms with E-state index in [1.54, 1.807) is 6.07 Å². The summed E-state index contributed by atoms with van der Waals surface area (Å²) in [6.07, 6.45) is 7.32. The van der Waals surface area contributed by atoms with Crippen molar-refractivity contribution < 1.29 is 4.92 Å². The van der Waals surface area contributed by atoms with Crippen LogP contribution in [0.5, 0.6) is 0 Å². The normalized spacial score (nSPS) is 17.3.